The quantitative estimate of drug-likeness (QED) is 0.810. The summed E-state index contributed by atoms with van der Waals surface area (Å²) >= 11 is 3.41. The Morgan fingerprint density at radius 2 is 1.60 bits per heavy atom. The molecule has 5 heteroatoms. The Morgan fingerprint density at radius 3 is 2.20 bits per heavy atom. The van der Waals surface area contributed by atoms with E-state index >= 15 is 0 Å². The van der Waals surface area contributed by atoms with Crippen LogP contribution in [0.2, 0.25) is 0 Å². The lowest BCUT2D eigenvalue weighted by Crippen LogP contribution is -2.20. The fourth-order valence-electron chi connectivity index (χ4n) is 2.10. The second-order valence-electron chi connectivity index (χ2n) is 4.53. The van der Waals surface area contributed by atoms with E-state index in [4.69, 9.17) is 0 Å². The first-order chi connectivity index (χ1) is 9.43. The molecule has 0 amide bonds. The molecule has 1 unspecified atom stereocenters. The number of aryl methyl sites for hydroxylation is 1. The Labute approximate surface area is 123 Å². The monoisotopic (exact) mass is 343 g/mol. The first-order valence-corrected chi connectivity index (χ1v) is 6.81. The van der Waals surface area contributed by atoms with E-state index in [0.29, 0.717) is 6.07 Å². The van der Waals surface area contributed by atoms with Crippen LogP contribution in [-0.4, -0.2) is 7.05 Å². The fraction of sp³-hybridized carbons (Fsp3) is 0.200. The zero-order valence-corrected chi connectivity index (χ0v) is 12.6. The molecule has 2 rings (SSSR count). The van der Waals surface area contributed by atoms with E-state index in [9.17, 15) is 13.2 Å². The van der Waals surface area contributed by atoms with Crippen molar-refractivity contribution in [2.75, 3.05) is 7.05 Å². The lowest BCUT2D eigenvalue weighted by molar-refractivity contribution is 0.483. The number of rotatable bonds is 3. The minimum absolute atomic E-state index is 0.0657. The highest BCUT2D eigenvalue weighted by molar-refractivity contribution is 9.10. The summed E-state index contributed by atoms with van der Waals surface area (Å²) in [6, 6.07) is 6.47. The molecule has 0 heterocycles. The Kier molecular flexibility index (Phi) is 4.50. The highest BCUT2D eigenvalue weighted by atomic mass is 79.9. The summed E-state index contributed by atoms with van der Waals surface area (Å²) in [4.78, 5) is 0. The largest absolute Gasteiger partial charge is 0.309 e. The van der Waals surface area contributed by atoms with Gasteiger partial charge in [-0.2, -0.15) is 0 Å². The van der Waals surface area contributed by atoms with Gasteiger partial charge in [0.2, 0.25) is 0 Å². The number of hydrogen-bond acceptors (Lipinski definition) is 1. The van der Waals surface area contributed by atoms with Gasteiger partial charge in [0, 0.05) is 16.1 Å². The molecule has 0 fully saturated rings. The molecule has 0 aliphatic rings. The molecule has 0 aliphatic heterocycles. The Balaban J connectivity index is 2.55. The molecule has 0 spiro atoms. The SMILES string of the molecule is CNC(c1cc(F)c(F)cc1F)c1ccc(C)cc1Br. The van der Waals surface area contributed by atoms with Crippen molar-refractivity contribution in [2.24, 2.45) is 0 Å². The van der Waals surface area contributed by atoms with Gasteiger partial charge in [-0.05, 0) is 37.2 Å². The normalized spacial score (nSPS) is 12.5. The highest BCUT2D eigenvalue weighted by Crippen LogP contribution is 2.31. The van der Waals surface area contributed by atoms with Gasteiger partial charge in [0.15, 0.2) is 11.6 Å². The molecule has 1 atom stereocenters. The van der Waals surface area contributed by atoms with Crippen LogP contribution in [0, 0.1) is 24.4 Å². The van der Waals surface area contributed by atoms with Crippen LogP contribution in [0.5, 0.6) is 0 Å². The van der Waals surface area contributed by atoms with Crippen molar-refractivity contribution >= 4 is 15.9 Å². The average Bonchev–Trinajstić information content (AvgIpc) is 2.38. The standard InChI is InChI=1S/C15H13BrF3N/c1-8-3-4-9(11(16)5-8)15(20-2)10-6-13(18)14(19)7-12(10)17/h3-7,15,20H,1-2H3. The minimum atomic E-state index is -1.19. The third kappa shape index (κ3) is 2.88. The first-order valence-electron chi connectivity index (χ1n) is 6.01. The van der Waals surface area contributed by atoms with Gasteiger partial charge >= 0.3 is 0 Å². The van der Waals surface area contributed by atoms with Gasteiger partial charge < -0.3 is 5.32 Å². The van der Waals surface area contributed by atoms with Crippen molar-refractivity contribution in [3.05, 3.63) is 68.9 Å². The van der Waals surface area contributed by atoms with Crippen molar-refractivity contribution in [3.63, 3.8) is 0 Å². The maximum absolute atomic E-state index is 13.9. The van der Waals surface area contributed by atoms with Gasteiger partial charge in [0.05, 0.1) is 6.04 Å². The summed E-state index contributed by atoms with van der Waals surface area (Å²) in [6.07, 6.45) is 0. The summed E-state index contributed by atoms with van der Waals surface area (Å²) in [7, 11) is 1.64. The van der Waals surface area contributed by atoms with Crippen LogP contribution in [-0.2, 0) is 0 Å². The number of halogens is 4. The molecule has 0 aliphatic carbocycles. The van der Waals surface area contributed by atoms with Crippen LogP contribution in [0.15, 0.2) is 34.8 Å². The molecule has 2 aromatic rings. The van der Waals surface area contributed by atoms with E-state index in [1.807, 2.05) is 25.1 Å². The van der Waals surface area contributed by atoms with Crippen molar-refractivity contribution in [3.8, 4) is 0 Å². The third-order valence-electron chi connectivity index (χ3n) is 3.11. The summed E-state index contributed by atoms with van der Waals surface area (Å²) < 4.78 is 41.1. The number of nitrogens with one attached hydrogen (secondary N) is 1. The molecule has 0 radical (unpaired) electrons. The summed E-state index contributed by atoms with van der Waals surface area (Å²) in [5, 5.41) is 2.92. The summed E-state index contributed by atoms with van der Waals surface area (Å²) in [6.45, 7) is 1.93. The molecule has 0 saturated carbocycles. The zero-order chi connectivity index (χ0) is 14.9. The maximum atomic E-state index is 13.9. The molecular weight excluding hydrogens is 331 g/mol. The minimum Gasteiger partial charge on any atom is -0.309 e. The zero-order valence-electron chi connectivity index (χ0n) is 11.0. The first kappa shape index (κ1) is 15.1. The van der Waals surface area contributed by atoms with E-state index in [-0.39, 0.29) is 5.56 Å². The second kappa shape index (κ2) is 5.97. The van der Waals surface area contributed by atoms with Gasteiger partial charge in [-0.25, -0.2) is 13.2 Å². The molecule has 0 aromatic heterocycles. The van der Waals surface area contributed by atoms with Crippen LogP contribution < -0.4 is 5.32 Å². The molecule has 0 saturated heterocycles. The van der Waals surface area contributed by atoms with Crippen LogP contribution in [0.25, 0.3) is 0 Å². The predicted octanol–water partition coefficient (Wildman–Crippen LogP) is 4.48. The molecule has 106 valence electrons. The van der Waals surface area contributed by atoms with E-state index in [1.54, 1.807) is 7.05 Å². The molecular formula is C15H13BrF3N. The van der Waals surface area contributed by atoms with Crippen molar-refractivity contribution in [1.82, 2.24) is 5.32 Å². The van der Waals surface area contributed by atoms with Crippen molar-refractivity contribution < 1.29 is 13.2 Å². The topological polar surface area (TPSA) is 12.0 Å². The second-order valence-corrected chi connectivity index (χ2v) is 5.39. The van der Waals surface area contributed by atoms with E-state index < -0.39 is 23.5 Å². The fourth-order valence-corrected chi connectivity index (χ4v) is 2.83. The summed E-state index contributed by atoms with van der Waals surface area (Å²) in [5.74, 6) is -3.04. The molecule has 1 N–H and O–H groups in total. The number of benzene rings is 2. The Hall–Kier alpha value is -1.33. The van der Waals surface area contributed by atoms with Crippen LogP contribution in [0.3, 0.4) is 0 Å². The summed E-state index contributed by atoms with van der Waals surface area (Å²) in [5.41, 5.74) is 1.86. The molecule has 20 heavy (non-hydrogen) atoms. The maximum Gasteiger partial charge on any atom is 0.161 e. The van der Waals surface area contributed by atoms with E-state index in [2.05, 4.69) is 21.2 Å². The molecule has 1 nitrogen and oxygen atoms in total. The van der Waals surface area contributed by atoms with Gasteiger partial charge in [-0.15, -0.1) is 0 Å². The Morgan fingerprint density at radius 1 is 0.950 bits per heavy atom. The third-order valence-corrected chi connectivity index (χ3v) is 3.79. The van der Waals surface area contributed by atoms with Gasteiger partial charge in [-0.1, -0.05) is 28.1 Å². The van der Waals surface area contributed by atoms with Crippen molar-refractivity contribution in [2.45, 2.75) is 13.0 Å². The average molecular weight is 344 g/mol. The lowest BCUT2D eigenvalue weighted by Gasteiger charge is -2.20. The smallest absolute Gasteiger partial charge is 0.161 e. The number of hydrogen-bond donors (Lipinski definition) is 1. The van der Waals surface area contributed by atoms with E-state index in [0.717, 1.165) is 21.7 Å². The molecule has 2 aromatic carbocycles. The van der Waals surface area contributed by atoms with Crippen LogP contribution in [0.1, 0.15) is 22.7 Å². The van der Waals surface area contributed by atoms with E-state index in [1.165, 1.54) is 0 Å². The molecule has 0 bridgehead atoms. The predicted molar refractivity (Wildman–Crippen MR) is 76.1 cm³/mol. The van der Waals surface area contributed by atoms with Gasteiger partial charge in [-0.3, -0.25) is 0 Å². The Bertz CT molecular complexity index is 643. The van der Waals surface area contributed by atoms with Gasteiger partial charge in [0.25, 0.3) is 0 Å². The van der Waals surface area contributed by atoms with Crippen LogP contribution in [0.4, 0.5) is 13.2 Å². The van der Waals surface area contributed by atoms with Gasteiger partial charge in [0.1, 0.15) is 5.82 Å². The van der Waals surface area contributed by atoms with Crippen molar-refractivity contribution in [1.29, 1.82) is 0 Å². The highest BCUT2D eigenvalue weighted by Gasteiger charge is 2.21. The van der Waals surface area contributed by atoms with Crippen LogP contribution >= 0.6 is 15.9 Å². The lowest BCUT2D eigenvalue weighted by atomic mass is 9.97.